The minimum absolute atomic E-state index is 0.178. The van der Waals surface area contributed by atoms with Crippen molar-refractivity contribution in [3.63, 3.8) is 0 Å². The second-order valence-electron chi connectivity index (χ2n) is 9.62. The van der Waals surface area contributed by atoms with Gasteiger partial charge in [0, 0.05) is 11.4 Å². The van der Waals surface area contributed by atoms with Gasteiger partial charge in [0.2, 0.25) is 5.91 Å². The topological polar surface area (TPSA) is 114 Å². The van der Waals surface area contributed by atoms with E-state index in [0.29, 0.717) is 22.7 Å². The van der Waals surface area contributed by atoms with E-state index >= 15 is 0 Å². The molecule has 1 aliphatic rings. The van der Waals surface area contributed by atoms with Crippen molar-refractivity contribution in [3.05, 3.63) is 88.3 Å². The molecule has 212 valence electrons. The number of aryl methyl sites for hydroxylation is 1. The van der Waals surface area contributed by atoms with Crippen LogP contribution in [0.25, 0.3) is 6.08 Å². The SMILES string of the molecule is COc1cc(/C=C2\SC(=O)N(CC(=O)Nc3ccccc3C)C2=O)ccc1OCC(=O)Nc1ccccc1C(C)C. The number of carbonyl (C=O) groups is 4. The van der Waals surface area contributed by atoms with Gasteiger partial charge >= 0.3 is 0 Å². The molecule has 4 rings (SSSR count). The largest absolute Gasteiger partial charge is 0.493 e. The number of methoxy groups -OCH3 is 1. The zero-order valence-electron chi connectivity index (χ0n) is 23.2. The third kappa shape index (κ3) is 7.34. The van der Waals surface area contributed by atoms with Crippen LogP contribution in [0.3, 0.4) is 0 Å². The maximum absolute atomic E-state index is 12.9. The van der Waals surface area contributed by atoms with Gasteiger partial charge in [0.15, 0.2) is 18.1 Å². The van der Waals surface area contributed by atoms with Crippen LogP contribution in [-0.4, -0.2) is 48.1 Å². The first kappa shape index (κ1) is 29.4. The molecule has 0 aromatic heterocycles. The molecule has 9 nitrogen and oxygen atoms in total. The second-order valence-corrected chi connectivity index (χ2v) is 10.6. The molecule has 10 heteroatoms. The van der Waals surface area contributed by atoms with Crippen molar-refractivity contribution in [2.75, 3.05) is 30.9 Å². The molecular formula is C31H31N3O6S. The molecule has 1 saturated heterocycles. The molecule has 0 radical (unpaired) electrons. The van der Waals surface area contributed by atoms with Gasteiger partial charge in [0.25, 0.3) is 17.1 Å². The van der Waals surface area contributed by atoms with Gasteiger partial charge < -0.3 is 20.1 Å². The molecule has 1 fully saturated rings. The first-order valence-corrected chi connectivity index (χ1v) is 13.8. The van der Waals surface area contributed by atoms with Crippen molar-refractivity contribution in [1.29, 1.82) is 0 Å². The lowest BCUT2D eigenvalue weighted by molar-refractivity contribution is -0.127. The number of rotatable bonds is 10. The van der Waals surface area contributed by atoms with Crippen molar-refractivity contribution in [2.45, 2.75) is 26.7 Å². The van der Waals surface area contributed by atoms with Gasteiger partial charge in [-0.05, 0) is 71.6 Å². The van der Waals surface area contributed by atoms with E-state index < -0.39 is 23.6 Å². The molecule has 0 spiro atoms. The Kier molecular flexibility index (Phi) is 9.46. The lowest BCUT2D eigenvalue weighted by atomic mass is 10.0. The molecule has 0 aliphatic carbocycles. The van der Waals surface area contributed by atoms with Crippen molar-refractivity contribution in [1.82, 2.24) is 4.90 Å². The van der Waals surface area contributed by atoms with Gasteiger partial charge in [-0.25, -0.2) is 0 Å². The zero-order valence-corrected chi connectivity index (χ0v) is 24.0. The number of nitrogens with zero attached hydrogens (tertiary/aromatic N) is 1. The van der Waals surface area contributed by atoms with Gasteiger partial charge in [-0.3, -0.25) is 24.1 Å². The molecule has 1 heterocycles. The summed E-state index contributed by atoms with van der Waals surface area (Å²) >= 11 is 0.757. The van der Waals surface area contributed by atoms with E-state index in [1.165, 1.54) is 7.11 Å². The lowest BCUT2D eigenvalue weighted by Crippen LogP contribution is -2.36. The highest BCUT2D eigenvalue weighted by Gasteiger charge is 2.36. The molecule has 3 aromatic rings. The van der Waals surface area contributed by atoms with E-state index in [9.17, 15) is 19.2 Å². The van der Waals surface area contributed by atoms with Crippen molar-refractivity contribution < 1.29 is 28.7 Å². The summed E-state index contributed by atoms with van der Waals surface area (Å²) in [5.74, 6) is -0.397. The van der Waals surface area contributed by atoms with Gasteiger partial charge in [-0.15, -0.1) is 0 Å². The summed E-state index contributed by atoms with van der Waals surface area (Å²) in [5, 5.41) is 5.09. The first-order valence-electron chi connectivity index (χ1n) is 13.0. The Morgan fingerprint density at radius 1 is 0.927 bits per heavy atom. The Labute approximate surface area is 242 Å². The van der Waals surface area contributed by atoms with Crippen molar-refractivity contribution in [3.8, 4) is 11.5 Å². The molecular weight excluding hydrogens is 542 g/mol. The highest BCUT2D eigenvalue weighted by Crippen LogP contribution is 2.34. The number of nitrogens with one attached hydrogen (secondary N) is 2. The Hall–Kier alpha value is -4.57. The fourth-order valence-corrected chi connectivity index (χ4v) is 5.01. The Bertz CT molecular complexity index is 1520. The summed E-state index contributed by atoms with van der Waals surface area (Å²) < 4.78 is 11.1. The number of benzene rings is 3. The highest BCUT2D eigenvalue weighted by atomic mass is 32.2. The van der Waals surface area contributed by atoms with Gasteiger partial charge in [-0.1, -0.05) is 56.3 Å². The number of anilines is 2. The summed E-state index contributed by atoms with van der Waals surface area (Å²) in [7, 11) is 1.46. The fraction of sp³-hybridized carbons (Fsp3) is 0.226. The number of imide groups is 1. The van der Waals surface area contributed by atoms with E-state index in [4.69, 9.17) is 9.47 Å². The van der Waals surface area contributed by atoms with Gasteiger partial charge in [-0.2, -0.15) is 0 Å². The lowest BCUT2D eigenvalue weighted by Gasteiger charge is -2.15. The average Bonchev–Trinajstić information content (AvgIpc) is 3.20. The average molecular weight is 574 g/mol. The first-order chi connectivity index (χ1) is 19.7. The molecule has 0 saturated carbocycles. The smallest absolute Gasteiger partial charge is 0.294 e. The van der Waals surface area contributed by atoms with Crippen molar-refractivity contribution in [2.24, 2.45) is 0 Å². The monoisotopic (exact) mass is 573 g/mol. The molecule has 41 heavy (non-hydrogen) atoms. The Balaban J connectivity index is 1.39. The number of hydrogen-bond acceptors (Lipinski definition) is 7. The van der Waals surface area contributed by atoms with E-state index in [-0.39, 0.29) is 23.3 Å². The molecule has 3 aromatic carbocycles. The fourth-order valence-electron chi connectivity index (χ4n) is 4.17. The Morgan fingerprint density at radius 3 is 2.32 bits per heavy atom. The number of carbonyl (C=O) groups excluding carboxylic acids is 4. The van der Waals surface area contributed by atoms with Crippen LogP contribution in [0.1, 0.15) is 36.5 Å². The second kappa shape index (κ2) is 13.2. The summed E-state index contributed by atoms with van der Waals surface area (Å²) in [6, 6.07) is 19.8. The molecule has 0 unspecified atom stereocenters. The molecule has 0 atom stereocenters. The highest BCUT2D eigenvalue weighted by molar-refractivity contribution is 8.18. The van der Waals surface area contributed by atoms with E-state index in [2.05, 4.69) is 24.5 Å². The molecule has 2 N–H and O–H groups in total. The number of amides is 4. The minimum Gasteiger partial charge on any atom is -0.493 e. The normalized spacial score (nSPS) is 14.0. The summed E-state index contributed by atoms with van der Waals surface area (Å²) in [6.07, 6.45) is 1.55. The van der Waals surface area contributed by atoms with Gasteiger partial charge in [0.1, 0.15) is 6.54 Å². The van der Waals surface area contributed by atoms with E-state index in [1.54, 1.807) is 36.4 Å². The number of ether oxygens (including phenoxy) is 2. The van der Waals surface area contributed by atoms with Crippen molar-refractivity contribution >= 4 is 52.2 Å². The summed E-state index contributed by atoms with van der Waals surface area (Å²) in [4.78, 5) is 51.6. The third-order valence-corrected chi connectivity index (χ3v) is 7.20. The third-order valence-electron chi connectivity index (χ3n) is 6.30. The van der Waals surface area contributed by atoms with Crippen LogP contribution in [0, 0.1) is 6.92 Å². The molecule has 4 amide bonds. The van der Waals surface area contributed by atoms with E-state index in [0.717, 1.165) is 33.5 Å². The molecule has 1 aliphatic heterocycles. The minimum atomic E-state index is -0.558. The number of para-hydroxylation sites is 2. The van der Waals surface area contributed by atoms with Crippen LogP contribution in [-0.2, 0) is 14.4 Å². The standard InChI is InChI=1S/C31H31N3O6S/c1-19(2)22-10-6-8-12-24(22)33-29(36)18-40-25-14-13-21(15-26(25)39-4)16-27-30(37)34(31(38)41-27)17-28(35)32-23-11-7-5-9-20(23)3/h5-16,19H,17-18H2,1-4H3,(H,32,35)(H,33,36)/b27-16-. The maximum Gasteiger partial charge on any atom is 0.294 e. The predicted molar refractivity (Wildman–Crippen MR) is 160 cm³/mol. The number of thioether (sulfide) groups is 1. The maximum atomic E-state index is 12.9. The van der Waals surface area contributed by atoms with Crippen LogP contribution in [0.4, 0.5) is 16.2 Å². The zero-order chi connectivity index (χ0) is 29.5. The quantitative estimate of drug-likeness (QED) is 0.294. The summed E-state index contributed by atoms with van der Waals surface area (Å²) in [5.41, 5.74) is 3.83. The van der Waals surface area contributed by atoms with Crippen LogP contribution in [0.15, 0.2) is 71.6 Å². The van der Waals surface area contributed by atoms with E-state index in [1.807, 2.05) is 43.3 Å². The van der Waals surface area contributed by atoms with Crippen LogP contribution in [0.2, 0.25) is 0 Å². The van der Waals surface area contributed by atoms with Gasteiger partial charge in [0.05, 0.1) is 12.0 Å². The van der Waals surface area contributed by atoms with Crippen LogP contribution < -0.4 is 20.1 Å². The van der Waals surface area contributed by atoms with Crippen LogP contribution >= 0.6 is 11.8 Å². The predicted octanol–water partition coefficient (Wildman–Crippen LogP) is 5.82. The molecule has 0 bridgehead atoms. The number of hydrogen-bond donors (Lipinski definition) is 2. The Morgan fingerprint density at radius 2 is 1.61 bits per heavy atom. The summed E-state index contributed by atoms with van der Waals surface area (Å²) in [6.45, 7) is 5.34. The van der Waals surface area contributed by atoms with Crippen LogP contribution in [0.5, 0.6) is 11.5 Å².